The van der Waals surface area contributed by atoms with Crippen molar-refractivity contribution in [2.24, 2.45) is 13.0 Å². The Morgan fingerprint density at radius 3 is 2.73 bits per heavy atom. The molecular weight excluding hydrogens is 190 g/mol. The maximum atomic E-state index is 5.31. The van der Waals surface area contributed by atoms with Crippen LogP contribution in [0, 0.1) is 5.92 Å². The van der Waals surface area contributed by atoms with E-state index in [0.29, 0.717) is 11.8 Å². The van der Waals surface area contributed by atoms with Crippen LogP contribution in [-0.2, 0) is 7.05 Å². The zero-order valence-electron chi connectivity index (χ0n) is 10.2. The standard InChI is InChI=1S/C11H21N3O/c1-8(6-12-3)9(2)11-10(15-5)7-13-14(11)4/h7-9,12H,6H2,1-5H3. The van der Waals surface area contributed by atoms with Gasteiger partial charge in [0.2, 0.25) is 0 Å². The Labute approximate surface area is 91.6 Å². The molecular formula is C11H21N3O. The van der Waals surface area contributed by atoms with E-state index in [1.165, 1.54) is 5.69 Å². The fraction of sp³-hybridized carbons (Fsp3) is 0.727. The van der Waals surface area contributed by atoms with Gasteiger partial charge >= 0.3 is 0 Å². The second kappa shape index (κ2) is 5.16. The Hall–Kier alpha value is -1.03. The number of ether oxygens (including phenoxy) is 1. The first-order chi connectivity index (χ1) is 7.11. The minimum Gasteiger partial charge on any atom is -0.493 e. The summed E-state index contributed by atoms with van der Waals surface area (Å²) in [6, 6.07) is 0. The molecule has 2 atom stereocenters. The summed E-state index contributed by atoms with van der Waals surface area (Å²) in [5.74, 6) is 1.87. The molecule has 0 fully saturated rings. The van der Waals surface area contributed by atoms with Crippen LogP contribution < -0.4 is 10.1 Å². The Balaban J connectivity index is 2.88. The van der Waals surface area contributed by atoms with E-state index < -0.39 is 0 Å². The van der Waals surface area contributed by atoms with E-state index in [9.17, 15) is 0 Å². The van der Waals surface area contributed by atoms with Crippen LogP contribution in [0.1, 0.15) is 25.5 Å². The van der Waals surface area contributed by atoms with Gasteiger partial charge in [-0.05, 0) is 19.5 Å². The lowest BCUT2D eigenvalue weighted by Gasteiger charge is -2.20. The molecule has 1 N–H and O–H groups in total. The SMILES string of the molecule is CNCC(C)C(C)c1c(OC)cnn1C. The van der Waals surface area contributed by atoms with Gasteiger partial charge in [0.15, 0.2) is 5.75 Å². The highest BCUT2D eigenvalue weighted by Gasteiger charge is 2.21. The molecule has 4 nitrogen and oxygen atoms in total. The monoisotopic (exact) mass is 211 g/mol. The van der Waals surface area contributed by atoms with Crippen molar-refractivity contribution in [3.63, 3.8) is 0 Å². The lowest BCUT2D eigenvalue weighted by atomic mass is 9.92. The second-order valence-electron chi connectivity index (χ2n) is 4.05. The summed E-state index contributed by atoms with van der Waals surface area (Å²) in [4.78, 5) is 0. The number of aromatic nitrogens is 2. The first-order valence-corrected chi connectivity index (χ1v) is 5.32. The first kappa shape index (κ1) is 12.0. The molecule has 0 aliphatic carbocycles. The number of nitrogens with one attached hydrogen (secondary N) is 1. The van der Waals surface area contributed by atoms with Crippen LogP contribution in [0.2, 0.25) is 0 Å². The summed E-state index contributed by atoms with van der Waals surface area (Å²) in [7, 11) is 5.63. The average molecular weight is 211 g/mol. The molecule has 0 aliphatic heterocycles. The summed E-state index contributed by atoms with van der Waals surface area (Å²) >= 11 is 0. The minimum atomic E-state index is 0.430. The van der Waals surface area contributed by atoms with Gasteiger partial charge in [0.25, 0.3) is 0 Å². The van der Waals surface area contributed by atoms with E-state index in [1.54, 1.807) is 13.3 Å². The molecule has 0 aromatic carbocycles. The van der Waals surface area contributed by atoms with Gasteiger partial charge < -0.3 is 10.1 Å². The van der Waals surface area contributed by atoms with Crippen LogP contribution in [-0.4, -0.2) is 30.5 Å². The summed E-state index contributed by atoms with van der Waals surface area (Å²) in [6.45, 7) is 5.44. The van der Waals surface area contributed by atoms with Gasteiger partial charge in [-0.15, -0.1) is 0 Å². The van der Waals surface area contributed by atoms with Crippen molar-refractivity contribution in [2.75, 3.05) is 20.7 Å². The summed E-state index contributed by atoms with van der Waals surface area (Å²) in [6.07, 6.45) is 1.78. The fourth-order valence-corrected chi connectivity index (χ4v) is 1.87. The van der Waals surface area contributed by atoms with Crippen molar-refractivity contribution in [3.05, 3.63) is 11.9 Å². The summed E-state index contributed by atoms with van der Waals surface area (Å²) in [5, 5.41) is 7.42. The number of nitrogens with zero attached hydrogens (tertiary/aromatic N) is 2. The molecule has 4 heteroatoms. The molecule has 0 aliphatic rings. The lowest BCUT2D eigenvalue weighted by Crippen LogP contribution is -2.22. The molecule has 1 heterocycles. The van der Waals surface area contributed by atoms with Crippen molar-refractivity contribution in [1.82, 2.24) is 15.1 Å². The first-order valence-electron chi connectivity index (χ1n) is 5.32. The predicted octanol–water partition coefficient (Wildman–Crippen LogP) is 1.39. The van der Waals surface area contributed by atoms with Gasteiger partial charge in [0, 0.05) is 13.0 Å². The molecule has 0 bridgehead atoms. The summed E-state index contributed by atoms with van der Waals surface area (Å²) < 4.78 is 7.21. The molecule has 0 spiro atoms. The largest absolute Gasteiger partial charge is 0.493 e. The fourth-order valence-electron chi connectivity index (χ4n) is 1.87. The van der Waals surface area contributed by atoms with Gasteiger partial charge in [-0.2, -0.15) is 5.10 Å². The molecule has 0 saturated heterocycles. The average Bonchev–Trinajstić information content (AvgIpc) is 2.58. The third-order valence-electron chi connectivity index (χ3n) is 2.98. The van der Waals surface area contributed by atoms with Crippen LogP contribution in [0.4, 0.5) is 0 Å². The topological polar surface area (TPSA) is 39.1 Å². The molecule has 0 radical (unpaired) electrons. The third-order valence-corrected chi connectivity index (χ3v) is 2.98. The number of hydrogen-bond donors (Lipinski definition) is 1. The van der Waals surface area contributed by atoms with Gasteiger partial charge in [-0.3, -0.25) is 4.68 Å². The van der Waals surface area contributed by atoms with Crippen LogP contribution in [0.5, 0.6) is 5.75 Å². The van der Waals surface area contributed by atoms with E-state index in [2.05, 4.69) is 24.3 Å². The zero-order valence-corrected chi connectivity index (χ0v) is 10.2. The predicted molar refractivity (Wildman–Crippen MR) is 61.3 cm³/mol. The van der Waals surface area contributed by atoms with Crippen molar-refractivity contribution < 1.29 is 4.74 Å². The van der Waals surface area contributed by atoms with E-state index >= 15 is 0 Å². The Bertz CT molecular complexity index is 309. The third kappa shape index (κ3) is 2.50. The number of methoxy groups -OCH3 is 1. The maximum absolute atomic E-state index is 5.31. The maximum Gasteiger partial charge on any atom is 0.160 e. The van der Waals surface area contributed by atoms with Crippen molar-refractivity contribution in [3.8, 4) is 5.75 Å². The molecule has 1 aromatic rings. The van der Waals surface area contributed by atoms with E-state index in [4.69, 9.17) is 4.74 Å². The number of rotatable bonds is 5. The van der Waals surface area contributed by atoms with Crippen molar-refractivity contribution in [2.45, 2.75) is 19.8 Å². The highest BCUT2D eigenvalue weighted by molar-refractivity contribution is 5.28. The van der Waals surface area contributed by atoms with Crippen LogP contribution in [0.15, 0.2) is 6.20 Å². The highest BCUT2D eigenvalue weighted by Crippen LogP contribution is 2.30. The van der Waals surface area contributed by atoms with Gasteiger partial charge in [0.1, 0.15) is 0 Å². The number of hydrogen-bond acceptors (Lipinski definition) is 3. The molecule has 86 valence electrons. The van der Waals surface area contributed by atoms with Crippen LogP contribution >= 0.6 is 0 Å². The minimum absolute atomic E-state index is 0.430. The zero-order chi connectivity index (χ0) is 11.4. The molecule has 0 saturated carbocycles. The van der Waals surface area contributed by atoms with Crippen LogP contribution in [0.3, 0.4) is 0 Å². The molecule has 0 amide bonds. The van der Waals surface area contributed by atoms with E-state index in [1.807, 2.05) is 18.8 Å². The molecule has 1 aromatic heterocycles. The molecule has 2 unspecified atom stereocenters. The van der Waals surface area contributed by atoms with Gasteiger partial charge in [-0.25, -0.2) is 0 Å². The van der Waals surface area contributed by atoms with Gasteiger partial charge in [0.05, 0.1) is 19.0 Å². The Morgan fingerprint density at radius 2 is 2.20 bits per heavy atom. The Morgan fingerprint density at radius 1 is 1.53 bits per heavy atom. The van der Waals surface area contributed by atoms with E-state index in [0.717, 1.165) is 12.3 Å². The summed E-state index contributed by atoms with van der Waals surface area (Å²) in [5.41, 5.74) is 1.17. The Kier molecular flexibility index (Phi) is 4.15. The highest BCUT2D eigenvalue weighted by atomic mass is 16.5. The molecule has 15 heavy (non-hydrogen) atoms. The molecule has 1 rings (SSSR count). The smallest absolute Gasteiger partial charge is 0.160 e. The van der Waals surface area contributed by atoms with Crippen LogP contribution in [0.25, 0.3) is 0 Å². The van der Waals surface area contributed by atoms with Crippen molar-refractivity contribution in [1.29, 1.82) is 0 Å². The number of aryl methyl sites for hydroxylation is 1. The van der Waals surface area contributed by atoms with E-state index in [-0.39, 0.29) is 0 Å². The lowest BCUT2D eigenvalue weighted by molar-refractivity contribution is 0.385. The van der Waals surface area contributed by atoms with Crippen molar-refractivity contribution >= 4 is 0 Å². The normalized spacial score (nSPS) is 15.0. The van der Waals surface area contributed by atoms with Gasteiger partial charge in [-0.1, -0.05) is 13.8 Å². The quantitative estimate of drug-likeness (QED) is 0.800. The second-order valence-corrected chi connectivity index (χ2v) is 4.05.